The fraction of sp³-hybridized carbons (Fsp3) is 0.188. The molecule has 0 radical (unpaired) electrons. The Hall–Kier alpha value is -2.47. The number of carbonyl (C=O) groups is 1. The van der Waals surface area contributed by atoms with Crippen molar-refractivity contribution in [1.82, 2.24) is 19.7 Å². The molecule has 0 aliphatic heterocycles. The molecule has 6 heteroatoms. The van der Waals surface area contributed by atoms with E-state index in [2.05, 4.69) is 10.1 Å². The number of nitrogens with zero attached hydrogens (tertiary/aromatic N) is 4. The van der Waals surface area contributed by atoms with E-state index >= 15 is 0 Å². The van der Waals surface area contributed by atoms with Gasteiger partial charge in [0.2, 0.25) is 0 Å². The number of benzene rings is 1. The van der Waals surface area contributed by atoms with Gasteiger partial charge in [0, 0.05) is 36.1 Å². The van der Waals surface area contributed by atoms with Gasteiger partial charge < -0.3 is 4.90 Å². The van der Waals surface area contributed by atoms with E-state index in [9.17, 15) is 4.79 Å². The van der Waals surface area contributed by atoms with Gasteiger partial charge in [-0.25, -0.2) is 4.68 Å². The summed E-state index contributed by atoms with van der Waals surface area (Å²) in [7, 11) is 1.81. The molecule has 0 spiro atoms. The predicted octanol–water partition coefficient (Wildman–Crippen LogP) is 3.16. The SMILES string of the molecule is CC(c1cncs1)N(C)C(=O)c1cccc(-n2cccn2)c1. The van der Waals surface area contributed by atoms with Crippen LogP contribution >= 0.6 is 11.3 Å². The van der Waals surface area contributed by atoms with E-state index < -0.39 is 0 Å². The van der Waals surface area contributed by atoms with Crippen LogP contribution in [-0.2, 0) is 0 Å². The first-order chi connectivity index (χ1) is 10.7. The largest absolute Gasteiger partial charge is 0.334 e. The zero-order valence-corrected chi connectivity index (χ0v) is 13.2. The second-order valence-electron chi connectivity index (χ2n) is 5.00. The Morgan fingerprint density at radius 3 is 2.91 bits per heavy atom. The molecular formula is C16H16N4OS. The zero-order chi connectivity index (χ0) is 15.5. The maximum absolute atomic E-state index is 12.7. The molecule has 0 fully saturated rings. The maximum Gasteiger partial charge on any atom is 0.254 e. The standard InChI is InChI=1S/C16H16N4OS/c1-12(15-10-17-11-22-15)19(2)16(21)13-5-3-6-14(9-13)20-8-4-7-18-20/h3-12H,1-2H3. The van der Waals surface area contributed by atoms with E-state index in [-0.39, 0.29) is 11.9 Å². The zero-order valence-electron chi connectivity index (χ0n) is 12.4. The Bertz CT molecular complexity index is 752. The van der Waals surface area contributed by atoms with Crippen molar-refractivity contribution in [3.63, 3.8) is 0 Å². The Morgan fingerprint density at radius 1 is 1.36 bits per heavy atom. The monoisotopic (exact) mass is 312 g/mol. The van der Waals surface area contributed by atoms with Gasteiger partial charge in [0.25, 0.3) is 5.91 Å². The summed E-state index contributed by atoms with van der Waals surface area (Å²) in [5, 5.41) is 4.19. The summed E-state index contributed by atoms with van der Waals surface area (Å²) in [4.78, 5) is 19.6. The van der Waals surface area contributed by atoms with Gasteiger partial charge in [-0.2, -0.15) is 5.10 Å². The molecule has 0 bridgehead atoms. The van der Waals surface area contributed by atoms with Gasteiger partial charge in [0.1, 0.15) is 0 Å². The molecule has 2 heterocycles. The van der Waals surface area contributed by atoms with E-state index in [0.29, 0.717) is 5.56 Å². The van der Waals surface area contributed by atoms with Crippen molar-refractivity contribution in [2.75, 3.05) is 7.05 Å². The third-order valence-corrected chi connectivity index (χ3v) is 4.57. The highest BCUT2D eigenvalue weighted by Gasteiger charge is 2.20. The maximum atomic E-state index is 12.7. The molecule has 1 aromatic carbocycles. The molecular weight excluding hydrogens is 296 g/mol. The highest BCUT2D eigenvalue weighted by molar-refractivity contribution is 7.09. The van der Waals surface area contributed by atoms with Crippen LogP contribution < -0.4 is 0 Å². The lowest BCUT2D eigenvalue weighted by molar-refractivity contribution is 0.0745. The van der Waals surface area contributed by atoms with Gasteiger partial charge in [-0.3, -0.25) is 9.78 Å². The molecule has 22 heavy (non-hydrogen) atoms. The fourth-order valence-electron chi connectivity index (χ4n) is 2.21. The van der Waals surface area contributed by atoms with Crippen molar-refractivity contribution >= 4 is 17.2 Å². The smallest absolute Gasteiger partial charge is 0.254 e. The first-order valence-corrected chi connectivity index (χ1v) is 7.80. The normalized spacial score (nSPS) is 12.1. The molecule has 0 N–H and O–H groups in total. The van der Waals surface area contributed by atoms with E-state index in [1.807, 2.05) is 50.5 Å². The fourth-order valence-corrected chi connectivity index (χ4v) is 2.93. The number of thiazole rings is 1. The van der Waals surface area contributed by atoms with Crippen molar-refractivity contribution in [3.8, 4) is 5.69 Å². The van der Waals surface area contributed by atoms with Crippen LogP contribution in [0.3, 0.4) is 0 Å². The molecule has 0 saturated carbocycles. The minimum absolute atomic E-state index is 0.00615. The molecule has 1 atom stereocenters. The van der Waals surface area contributed by atoms with Crippen LogP contribution in [0.15, 0.2) is 54.4 Å². The summed E-state index contributed by atoms with van der Waals surface area (Å²) < 4.78 is 1.74. The van der Waals surface area contributed by atoms with Crippen molar-refractivity contribution in [2.24, 2.45) is 0 Å². The summed E-state index contributed by atoms with van der Waals surface area (Å²) in [6, 6.07) is 9.32. The lowest BCUT2D eigenvalue weighted by Crippen LogP contribution is -2.29. The van der Waals surface area contributed by atoms with Gasteiger partial charge in [-0.15, -0.1) is 11.3 Å². The molecule has 2 aromatic heterocycles. The minimum atomic E-state index is -0.0186. The van der Waals surface area contributed by atoms with Crippen molar-refractivity contribution in [1.29, 1.82) is 0 Å². The lowest BCUT2D eigenvalue weighted by atomic mass is 10.1. The minimum Gasteiger partial charge on any atom is -0.334 e. The second kappa shape index (κ2) is 6.11. The highest BCUT2D eigenvalue weighted by atomic mass is 32.1. The van der Waals surface area contributed by atoms with Gasteiger partial charge in [0.15, 0.2) is 0 Å². The van der Waals surface area contributed by atoms with Crippen molar-refractivity contribution < 1.29 is 4.79 Å². The van der Waals surface area contributed by atoms with Crippen LogP contribution in [0.4, 0.5) is 0 Å². The quantitative estimate of drug-likeness (QED) is 0.743. The molecule has 3 aromatic rings. The number of hydrogen-bond donors (Lipinski definition) is 0. The molecule has 1 unspecified atom stereocenters. The third-order valence-electron chi connectivity index (χ3n) is 3.63. The molecule has 0 saturated heterocycles. The van der Waals surface area contributed by atoms with Crippen LogP contribution in [0, 0.1) is 0 Å². The number of rotatable bonds is 4. The van der Waals surface area contributed by atoms with Crippen LogP contribution in [0.5, 0.6) is 0 Å². The Morgan fingerprint density at radius 2 is 2.23 bits per heavy atom. The van der Waals surface area contributed by atoms with Crippen LogP contribution in [-0.4, -0.2) is 32.6 Å². The highest BCUT2D eigenvalue weighted by Crippen LogP contribution is 2.24. The summed E-state index contributed by atoms with van der Waals surface area (Å²) in [5.41, 5.74) is 3.30. The van der Waals surface area contributed by atoms with E-state index in [1.54, 1.807) is 38.8 Å². The van der Waals surface area contributed by atoms with E-state index in [1.165, 1.54) is 0 Å². The second-order valence-corrected chi connectivity index (χ2v) is 5.91. The number of hydrogen-bond acceptors (Lipinski definition) is 4. The molecule has 112 valence electrons. The first-order valence-electron chi connectivity index (χ1n) is 6.92. The van der Waals surface area contributed by atoms with Gasteiger partial charge >= 0.3 is 0 Å². The number of aromatic nitrogens is 3. The van der Waals surface area contributed by atoms with Crippen LogP contribution in [0.25, 0.3) is 5.69 Å². The summed E-state index contributed by atoms with van der Waals surface area (Å²) >= 11 is 1.55. The predicted molar refractivity (Wildman–Crippen MR) is 86.2 cm³/mol. The number of amides is 1. The Labute approximate surface area is 132 Å². The number of carbonyl (C=O) groups excluding carboxylic acids is 1. The van der Waals surface area contributed by atoms with E-state index in [4.69, 9.17) is 0 Å². The third kappa shape index (κ3) is 2.78. The average molecular weight is 312 g/mol. The molecule has 0 aliphatic carbocycles. The summed E-state index contributed by atoms with van der Waals surface area (Å²) in [5.74, 6) is -0.0186. The topological polar surface area (TPSA) is 51.0 Å². The molecule has 3 rings (SSSR count). The molecule has 0 aliphatic rings. The van der Waals surface area contributed by atoms with Crippen LogP contribution in [0.2, 0.25) is 0 Å². The summed E-state index contributed by atoms with van der Waals surface area (Å²) in [6.45, 7) is 2.00. The molecule has 1 amide bonds. The van der Waals surface area contributed by atoms with Crippen molar-refractivity contribution in [3.05, 3.63) is 64.9 Å². The van der Waals surface area contributed by atoms with E-state index in [0.717, 1.165) is 10.6 Å². The Balaban J connectivity index is 1.84. The van der Waals surface area contributed by atoms with Gasteiger partial charge in [-0.05, 0) is 31.2 Å². The van der Waals surface area contributed by atoms with Crippen molar-refractivity contribution in [2.45, 2.75) is 13.0 Å². The van der Waals surface area contributed by atoms with Crippen LogP contribution in [0.1, 0.15) is 28.2 Å². The first kappa shape index (κ1) is 14.5. The van der Waals surface area contributed by atoms with Gasteiger partial charge in [0.05, 0.1) is 17.2 Å². The lowest BCUT2D eigenvalue weighted by Gasteiger charge is -2.24. The molecule has 5 nitrogen and oxygen atoms in total. The van der Waals surface area contributed by atoms with Gasteiger partial charge in [-0.1, -0.05) is 6.07 Å². The average Bonchev–Trinajstić information content (AvgIpc) is 3.25. The summed E-state index contributed by atoms with van der Waals surface area (Å²) in [6.07, 6.45) is 5.37. The Kier molecular flexibility index (Phi) is 4.02.